The number of aromatic nitrogens is 1. The van der Waals surface area contributed by atoms with Crippen LogP contribution in [0, 0.1) is 6.92 Å². The molecule has 2 aromatic rings. The molecule has 1 unspecified atom stereocenters. The molecule has 0 radical (unpaired) electrons. The summed E-state index contributed by atoms with van der Waals surface area (Å²) >= 11 is 1.53. The van der Waals surface area contributed by atoms with Crippen molar-refractivity contribution in [1.29, 1.82) is 0 Å². The van der Waals surface area contributed by atoms with Crippen LogP contribution in [0.15, 0.2) is 35.7 Å². The summed E-state index contributed by atoms with van der Waals surface area (Å²) < 4.78 is 5.12. The SMILES string of the molecule is CCOC(=O)C(NCc1ccccc1)c1csc(C)n1. The fourth-order valence-corrected chi connectivity index (χ4v) is 2.50. The van der Waals surface area contributed by atoms with Gasteiger partial charge in [-0.05, 0) is 19.4 Å². The van der Waals surface area contributed by atoms with Crippen LogP contribution in [-0.2, 0) is 16.1 Å². The van der Waals surface area contributed by atoms with Crippen LogP contribution in [0.4, 0.5) is 0 Å². The Morgan fingerprint density at radius 2 is 2.15 bits per heavy atom. The highest BCUT2D eigenvalue weighted by atomic mass is 32.1. The lowest BCUT2D eigenvalue weighted by Crippen LogP contribution is -2.30. The Morgan fingerprint density at radius 1 is 1.40 bits per heavy atom. The summed E-state index contributed by atoms with van der Waals surface area (Å²) in [7, 11) is 0. The van der Waals surface area contributed by atoms with Crippen LogP contribution in [-0.4, -0.2) is 17.6 Å². The molecule has 0 saturated heterocycles. The fourth-order valence-electron chi connectivity index (χ4n) is 1.86. The number of ether oxygens (including phenoxy) is 1. The van der Waals surface area contributed by atoms with Gasteiger partial charge in [0.05, 0.1) is 17.3 Å². The largest absolute Gasteiger partial charge is 0.465 e. The van der Waals surface area contributed by atoms with Gasteiger partial charge in [-0.3, -0.25) is 5.32 Å². The molecule has 0 aliphatic rings. The second-order valence-electron chi connectivity index (χ2n) is 4.34. The molecular weight excluding hydrogens is 272 g/mol. The zero-order valence-electron chi connectivity index (χ0n) is 11.6. The van der Waals surface area contributed by atoms with Crippen LogP contribution < -0.4 is 5.32 Å². The molecule has 2 rings (SSSR count). The first-order valence-electron chi connectivity index (χ1n) is 6.56. The molecule has 1 atom stereocenters. The first kappa shape index (κ1) is 14.7. The van der Waals surface area contributed by atoms with Crippen molar-refractivity contribution < 1.29 is 9.53 Å². The molecular formula is C15H18N2O2S. The maximum atomic E-state index is 12.1. The van der Waals surface area contributed by atoms with E-state index in [-0.39, 0.29) is 5.97 Å². The highest BCUT2D eigenvalue weighted by Crippen LogP contribution is 2.18. The van der Waals surface area contributed by atoms with Crippen molar-refractivity contribution in [2.75, 3.05) is 6.61 Å². The molecule has 4 nitrogen and oxygen atoms in total. The van der Waals surface area contributed by atoms with Gasteiger partial charge >= 0.3 is 5.97 Å². The average molecular weight is 290 g/mol. The summed E-state index contributed by atoms with van der Waals surface area (Å²) in [5.41, 5.74) is 1.84. The van der Waals surface area contributed by atoms with E-state index in [2.05, 4.69) is 10.3 Å². The monoisotopic (exact) mass is 290 g/mol. The number of carbonyl (C=O) groups is 1. The third-order valence-corrected chi connectivity index (χ3v) is 3.60. The number of nitrogens with one attached hydrogen (secondary N) is 1. The second kappa shape index (κ2) is 7.17. The quantitative estimate of drug-likeness (QED) is 0.831. The van der Waals surface area contributed by atoms with Crippen LogP contribution in [0.2, 0.25) is 0 Å². The van der Waals surface area contributed by atoms with Crippen LogP contribution in [0.1, 0.15) is 29.2 Å². The van der Waals surface area contributed by atoms with Crippen molar-refractivity contribution in [3.63, 3.8) is 0 Å². The number of esters is 1. The van der Waals surface area contributed by atoms with Crippen molar-refractivity contribution in [2.45, 2.75) is 26.4 Å². The van der Waals surface area contributed by atoms with Crippen molar-refractivity contribution in [3.05, 3.63) is 52.0 Å². The Balaban J connectivity index is 2.08. The summed E-state index contributed by atoms with van der Waals surface area (Å²) in [5, 5.41) is 6.06. The number of carbonyl (C=O) groups excluding carboxylic acids is 1. The Morgan fingerprint density at radius 3 is 2.75 bits per heavy atom. The van der Waals surface area contributed by atoms with Crippen LogP contribution >= 0.6 is 11.3 Å². The summed E-state index contributed by atoms with van der Waals surface area (Å²) in [5.74, 6) is -0.284. The van der Waals surface area contributed by atoms with E-state index in [1.165, 1.54) is 11.3 Å². The molecule has 0 saturated carbocycles. The third-order valence-electron chi connectivity index (χ3n) is 2.81. The maximum Gasteiger partial charge on any atom is 0.329 e. The molecule has 0 aliphatic heterocycles. The summed E-state index contributed by atoms with van der Waals surface area (Å²) in [4.78, 5) is 16.4. The molecule has 1 N–H and O–H groups in total. The van der Waals surface area contributed by atoms with Crippen molar-refractivity contribution >= 4 is 17.3 Å². The Labute approximate surface area is 122 Å². The zero-order valence-corrected chi connectivity index (χ0v) is 12.4. The predicted molar refractivity (Wildman–Crippen MR) is 79.5 cm³/mol. The summed E-state index contributed by atoms with van der Waals surface area (Å²) in [6.45, 7) is 4.69. The van der Waals surface area contributed by atoms with E-state index in [0.717, 1.165) is 16.3 Å². The molecule has 0 amide bonds. The summed E-state index contributed by atoms with van der Waals surface area (Å²) in [6, 6.07) is 9.44. The number of aryl methyl sites for hydroxylation is 1. The molecule has 1 aromatic heterocycles. The van der Waals surface area contributed by atoms with Crippen molar-refractivity contribution in [3.8, 4) is 0 Å². The van der Waals surface area contributed by atoms with Crippen molar-refractivity contribution in [1.82, 2.24) is 10.3 Å². The number of nitrogens with zero attached hydrogens (tertiary/aromatic N) is 1. The predicted octanol–water partition coefficient (Wildman–Crippen LogP) is 2.85. The number of hydrogen-bond donors (Lipinski definition) is 1. The molecule has 5 heteroatoms. The van der Waals surface area contributed by atoms with Crippen molar-refractivity contribution in [2.24, 2.45) is 0 Å². The first-order chi connectivity index (χ1) is 9.70. The molecule has 0 fully saturated rings. The normalized spacial score (nSPS) is 12.1. The molecule has 106 valence electrons. The van der Waals surface area contributed by atoms with Gasteiger partial charge in [-0.15, -0.1) is 11.3 Å². The van der Waals surface area contributed by atoms with Gasteiger partial charge in [-0.1, -0.05) is 30.3 Å². The van der Waals surface area contributed by atoms with Gasteiger partial charge in [-0.25, -0.2) is 9.78 Å². The van der Waals surface area contributed by atoms with Crippen LogP contribution in [0.5, 0.6) is 0 Å². The minimum Gasteiger partial charge on any atom is -0.465 e. The van der Waals surface area contributed by atoms with Gasteiger partial charge in [-0.2, -0.15) is 0 Å². The van der Waals surface area contributed by atoms with Gasteiger partial charge in [0.2, 0.25) is 0 Å². The molecule has 0 spiro atoms. The average Bonchev–Trinajstić information content (AvgIpc) is 2.87. The standard InChI is InChI=1S/C15H18N2O2S/c1-3-19-15(18)14(13-10-20-11(2)17-13)16-9-12-7-5-4-6-8-12/h4-8,10,14,16H,3,9H2,1-2H3. The molecule has 0 aliphatic carbocycles. The minimum atomic E-state index is -0.514. The lowest BCUT2D eigenvalue weighted by atomic mass is 10.2. The highest BCUT2D eigenvalue weighted by molar-refractivity contribution is 7.09. The van der Waals surface area contributed by atoms with E-state index in [4.69, 9.17) is 4.74 Å². The topological polar surface area (TPSA) is 51.2 Å². The van der Waals surface area contributed by atoms with Gasteiger partial charge in [0.1, 0.15) is 6.04 Å². The lowest BCUT2D eigenvalue weighted by Gasteiger charge is -2.15. The van der Waals surface area contributed by atoms with E-state index < -0.39 is 6.04 Å². The zero-order chi connectivity index (χ0) is 14.4. The van der Waals surface area contributed by atoms with Gasteiger partial charge in [0.15, 0.2) is 0 Å². The van der Waals surface area contributed by atoms with E-state index >= 15 is 0 Å². The first-order valence-corrected chi connectivity index (χ1v) is 7.44. The van der Waals surface area contributed by atoms with E-state index in [1.807, 2.05) is 42.6 Å². The van der Waals surface area contributed by atoms with Gasteiger partial charge < -0.3 is 4.74 Å². The van der Waals surface area contributed by atoms with E-state index in [9.17, 15) is 4.79 Å². The number of benzene rings is 1. The molecule has 20 heavy (non-hydrogen) atoms. The Hall–Kier alpha value is -1.72. The maximum absolute atomic E-state index is 12.1. The van der Waals surface area contributed by atoms with Gasteiger partial charge in [0.25, 0.3) is 0 Å². The smallest absolute Gasteiger partial charge is 0.329 e. The number of thiazole rings is 1. The molecule has 1 heterocycles. The molecule has 0 bridgehead atoms. The fraction of sp³-hybridized carbons (Fsp3) is 0.333. The molecule has 1 aromatic carbocycles. The van der Waals surface area contributed by atoms with Crippen LogP contribution in [0.3, 0.4) is 0 Å². The summed E-state index contributed by atoms with van der Waals surface area (Å²) in [6.07, 6.45) is 0. The van der Waals surface area contributed by atoms with Gasteiger partial charge in [0, 0.05) is 11.9 Å². The number of rotatable bonds is 6. The second-order valence-corrected chi connectivity index (χ2v) is 5.41. The Bertz CT molecular complexity index is 554. The Kier molecular flexibility index (Phi) is 5.26. The highest BCUT2D eigenvalue weighted by Gasteiger charge is 2.23. The van der Waals surface area contributed by atoms with E-state index in [0.29, 0.717) is 13.2 Å². The van der Waals surface area contributed by atoms with Crippen LogP contribution in [0.25, 0.3) is 0 Å². The number of hydrogen-bond acceptors (Lipinski definition) is 5. The lowest BCUT2D eigenvalue weighted by molar-refractivity contribution is -0.146. The minimum absolute atomic E-state index is 0.284. The third kappa shape index (κ3) is 3.88. The van der Waals surface area contributed by atoms with E-state index in [1.54, 1.807) is 6.92 Å².